The molecule has 0 spiro atoms. The molecule has 1 atom stereocenters. The highest BCUT2D eigenvalue weighted by molar-refractivity contribution is 7.18. The number of likely N-dealkylation sites (N-methyl/N-ethyl adjacent to an activating group) is 1. The van der Waals surface area contributed by atoms with Crippen molar-refractivity contribution in [1.82, 2.24) is 4.90 Å². The van der Waals surface area contributed by atoms with Crippen molar-refractivity contribution >= 4 is 28.7 Å². The molecular formula is C16H18ClNOS. The minimum Gasteiger partial charge on any atom is -0.292 e. The number of carbonyl (C=O) groups is 1. The predicted molar refractivity (Wildman–Crippen MR) is 85.8 cm³/mol. The molecule has 2 rings (SSSR count). The van der Waals surface area contributed by atoms with Crippen LogP contribution in [0.5, 0.6) is 0 Å². The molecule has 2 nitrogen and oxygen atoms in total. The second-order valence-corrected chi connectivity index (χ2v) is 6.76. The summed E-state index contributed by atoms with van der Waals surface area (Å²) in [7, 11) is 1.97. The Labute approximate surface area is 129 Å². The van der Waals surface area contributed by atoms with Crippen molar-refractivity contribution in [3.05, 3.63) is 56.7 Å². The van der Waals surface area contributed by atoms with E-state index >= 15 is 0 Å². The van der Waals surface area contributed by atoms with E-state index in [-0.39, 0.29) is 11.8 Å². The Morgan fingerprint density at radius 1 is 1.25 bits per heavy atom. The SMILES string of the molecule is Cc1ccc(CN(C)C(C)C(=O)c2ccc(Cl)s2)cc1. The Morgan fingerprint density at radius 3 is 2.45 bits per heavy atom. The van der Waals surface area contributed by atoms with Gasteiger partial charge < -0.3 is 0 Å². The molecule has 0 aliphatic heterocycles. The summed E-state index contributed by atoms with van der Waals surface area (Å²) in [6.07, 6.45) is 0. The molecular weight excluding hydrogens is 290 g/mol. The molecule has 0 N–H and O–H groups in total. The number of ketones is 1. The number of aryl methyl sites for hydroxylation is 1. The lowest BCUT2D eigenvalue weighted by molar-refractivity contribution is 0.0866. The van der Waals surface area contributed by atoms with E-state index in [0.29, 0.717) is 4.34 Å². The Balaban J connectivity index is 2.03. The third-order valence-electron chi connectivity index (χ3n) is 3.41. The van der Waals surface area contributed by atoms with Crippen LogP contribution in [-0.4, -0.2) is 23.8 Å². The van der Waals surface area contributed by atoms with Gasteiger partial charge in [0, 0.05) is 6.54 Å². The van der Waals surface area contributed by atoms with Crippen LogP contribution in [0.4, 0.5) is 0 Å². The summed E-state index contributed by atoms with van der Waals surface area (Å²) in [5, 5.41) is 0. The Hall–Kier alpha value is -1.16. The highest BCUT2D eigenvalue weighted by atomic mass is 35.5. The van der Waals surface area contributed by atoms with E-state index in [1.54, 1.807) is 12.1 Å². The summed E-state index contributed by atoms with van der Waals surface area (Å²) in [4.78, 5) is 15.1. The van der Waals surface area contributed by atoms with Crippen LogP contribution in [-0.2, 0) is 6.54 Å². The number of hydrogen-bond acceptors (Lipinski definition) is 3. The Bertz CT molecular complexity index is 591. The molecule has 0 aliphatic carbocycles. The van der Waals surface area contributed by atoms with Crippen molar-refractivity contribution in [2.24, 2.45) is 0 Å². The lowest BCUT2D eigenvalue weighted by atomic mass is 10.1. The zero-order valence-electron chi connectivity index (χ0n) is 11.9. The van der Waals surface area contributed by atoms with Gasteiger partial charge in [-0.15, -0.1) is 11.3 Å². The smallest absolute Gasteiger partial charge is 0.189 e. The van der Waals surface area contributed by atoms with Gasteiger partial charge in [-0.05, 0) is 38.6 Å². The van der Waals surface area contributed by atoms with Gasteiger partial charge in [0.2, 0.25) is 0 Å². The molecule has 1 aromatic carbocycles. The van der Waals surface area contributed by atoms with Crippen molar-refractivity contribution in [1.29, 1.82) is 0 Å². The Kier molecular flexibility index (Phi) is 4.97. The quantitative estimate of drug-likeness (QED) is 0.762. The molecule has 20 heavy (non-hydrogen) atoms. The van der Waals surface area contributed by atoms with E-state index in [2.05, 4.69) is 36.1 Å². The number of halogens is 1. The lowest BCUT2D eigenvalue weighted by Gasteiger charge is -2.23. The second-order valence-electron chi connectivity index (χ2n) is 5.04. The average Bonchev–Trinajstić information content (AvgIpc) is 2.86. The molecule has 0 radical (unpaired) electrons. The number of nitrogens with zero attached hydrogens (tertiary/aromatic N) is 1. The average molecular weight is 308 g/mol. The molecule has 1 heterocycles. The first-order chi connectivity index (χ1) is 9.47. The van der Waals surface area contributed by atoms with Gasteiger partial charge >= 0.3 is 0 Å². The van der Waals surface area contributed by atoms with Gasteiger partial charge in [0.15, 0.2) is 5.78 Å². The van der Waals surface area contributed by atoms with Crippen molar-refractivity contribution in [3.8, 4) is 0 Å². The van der Waals surface area contributed by atoms with Crippen LogP contribution >= 0.6 is 22.9 Å². The molecule has 106 valence electrons. The molecule has 2 aromatic rings. The number of benzene rings is 1. The molecule has 0 aliphatic rings. The molecule has 0 amide bonds. The third kappa shape index (κ3) is 3.69. The second kappa shape index (κ2) is 6.53. The summed E-state index contributed by atoms with van der Waals surface area (Å²) < 4.78 is 0.654. The van der Waals surface area contributed by atoms with Crippen molar-refractivity contribution in [2.75, 3.05) is 7.05 Å². The molecule has 0 bridgehead atoms. The van der Waals surface area contributed by atoms with Crippen molar-refractivity contribution < 1.29 is 4.79 Å². The van der Waals surface area contributed by atoms with Crippen LogP contribution in [0, 0.1) is 6.92 Å². The summed E-state index contributed by atoms with van der Waals surface area (Å²) >= 11 is 7.23. The van der Waals surface area contributed by atoms with Gasteiger partial charge in [-0.25, -0.2) is 0 Å². The van der Waals surface area contributed by atoms with Gasteiger partial charge in [0.25, 0.3) is 0 Å². The van der Waals surface area contributed by atoms with E-state index in [9.17, 15) is 4.79 Å². The zero-order valence-corrected chi connectivity index (χ0v) is 13.5. The van der Waals surface area contributed by atoms with E-state index in [0.717, 1.165) is 11.4 Å². The number of hydrogen-bond donors (Lipinski definition) is 0. The molecule has 1 aromatic heterocycles. The van der Waals surface area contributed by atoms with Gasteiger partial charge in [0.05, 0.1) is 15.3 Å². The van der Waals surface area contributed by atoms with Gasteiger partial charge in [0.1, 0.15) is 0 Å². The van der Waals surface area contributed by atoms with Gasteiger partial charge in [-0.2, -0.15) is 0 Å². The fraction of sp³-hybridized carbons (Fsp3) is 0.312. The fourth-order valence-electron chi connectivity index (χ4n) is 1.97. The van der Waals surface area contributed by atoms with Crippen molar-refractivity contribution in [2.45, 2.75) is 26.4 Å². The van der Waals surface area contributed by atoms with E-state index in [1.807, 2.05) is 14.0 Å². The molecule has 0 saturated carbocycles. The number of rotatable bonds is 5. The predicted octanol–water partition coefficient (Wildman–Crippen LogP) is 4.41. The van der Waals surface area contributed by atoms with E-state index < -0.39 is 0 Å². The number of Topliss-reactive ketones (excluding diaryl/α,β-unsaturated/α-hetero) is 1. The first-order valence-electron chi connectivity index (χ1n) is 6.52. The van der Waals surface area contributed by atoms with Crippen LogP contribution in [0.25, 0.3) is 0 Å². The summed E-state index contributed by atoms with van der Waals surface area (Å²) in [6.45, 7) is 4.76. The molecule has 0 fully saturated rings. The van der Waals surface area contributed by atoms with Crippen LogP contribution < -0.4 is 0 Å². The van der Waals surface area contributed by atoms with Crippen LogP contribution in [0.3, 0.4) is 0 Å². The first-order valence-corrected chi connectivity index (χ1v) is 7.72. The summed E-state index contributed by atoms with van der Waals surface area (Å²) in [6, 6.07) is 11.8. The largest absolute Gasteiger partial charge is 0.292 e. The maximum atomic E-state index is 12.4. The summed E-state index contributed by atoms with van der Waals surface area (Å²) in [5.41, 5.74) is 2.45. The van der Waals surface area contributed by atoms with Crippen LogP contribution in [0.15, 0.2) is 36.4 Å². The van der Waals surface area contributed by atoms with E-state index in [4.69, 9.17) is 11.6 Å². The molecule has 1 unspecified atom stereocenters. The Morgan fingerprint density at radius 2 is 1.90 bits per heavy atom. The first kappa shape index (κ1) is 15.2. The standard InChI is InChI=1S/C16H18ClNOS/c1-11-4-6-13(7-5-11)10-18(3)12(2)16(19)14-8-9-15(17)20-14/h4-9,12H,10H2,1-3H3. The highest BCUT2D eigenvalue weighted by Gasteiger charge is 2.21. The number of thiophene rings is 1. The molecule has 0 saturated heterocycles. The van der Waals surface area contributed by atoms with Gasteiger partial charge in [-0.3, -0.25) is 9.69 Å². The monoisotopic (exact) mass is 307 g/mol. The highest BCUT2D eigenvalue weighted by Crippen LogP contribution is 2.23. The minimum absolute atomic E-state index is 0.122. The maximum absolute atomic E-state index is 12.4. The normalized spacial score (nSPS) is 12.7. The fourth-order valence-corrected chi connectivity index (χ4v) is 3.04. The van der Waals surface area contributed by atoms with Gasteiger partial charge in [-0.1, -0.05) is 41.4 Å². The topological polar surface area (TPSA) is 20.3 Å². The van der Waals surface area contributed by atoms with E-state index in [1.165, 1.54) is 22.5 Å². The van der Waals surface area contributed by atoms with Crippen LogP contribution in [0.1, 0.15) is 27.7 Å². The summed E-state index contributed by atoms with van der Waals surface area (Å²) in [5.74, 6) is 0.122. The van der Waals surface area contributed by atoms with Crippen molar-refractivity contribution in [3.63, 3.8) is 0 Å². The zero-order chi connectivity index (χ0) is 14.7. The van der Waals surface area contributed by atoms with Crippen LogP contribution in [0.2, 0.25) is 4.34 Å². The molecule has 4 heteroatoms. The minimum atomic E-state index is -0.161. The maximum Gasteiger partial charge on any atom is 0.189 e. The third-order valence-corrected chi connectivity index (χ3v) is 4.65. The lowest BCUT2D eigenvalue weighted by Crippen LogP contribution is -2.35. The number of carbonyl (C=O) groups excluding carboxylic acids is 1.